The average Bonchev–Trinajstić information content (AvgIpc) is 3.41. The minimum absolute atomic E-state index is 0.00352. The van der Waals surface area contributed by atoms with Gasteiger partial charge in [-0.25, -0.2) is 10.2 Å². The first kappa shape index (κ1) is 17.1. The summed E-state index contributed by atoms with van der Waals surface area (Å²) in [5, 5.41) is 9.12. The monoisotopic (exact) mass is 365 g/mol. The van der Waals surface area contributed by atoms with Gasteiger partial charge >= 0.3 is 0 Å². The van der Waals surface area contributed by atoms with Crippen LogP contribution in [0.15, 0.2) is 53.3 Å². The summed E-state index contributed by atoms with van der Waals surface area (Å²) in [5.74, 6) is 1.21. The smallest absolute Gasteiger partial charge is 0.190 e. The molecule has 4 aromatic rings. The Morgan fingerprint density at radius 1 is 1.30 bits per heavy atom. The molecule has 7 nitrogen and oxygen atoms in total. The number of nitrogens with one attached hydrogen (secondary N) is 1. The number of aromatic amines is 1. The second kappa shape index (κ2) is 7.13. The van der Waals surface area contributed by atoms with E-state index in [1.165, 1.54) is 5.69 Å². The maximum absolute atomic E-state index is 12.8. The number of carbonyl (C=O) groups excluding carboxylic acids is 1. The van der Waals surface area contributed by atoms with E-state index in [9.17, 15) is 4.79 Å². The van der Waals surface area contributed by atoms with Crippen LogP contribution in [0.4, 0.5) is 0 Å². The third kappa shape index (κ3) is 3.24. The normalized spacial score (nSPS) is 11.2. The largest absolute Gasteiger partial charge is 0.461 e. The summed E-state index contributed by atoms with van der Waals surface area (Å²) in [7, 11) is 1.99. The van der Waals surface area contributed by atoms with Gasteiger partial charge in [-0.05, 0) is 49.2 Å². The van der Waals surface area contributed by atoms with Gasteiger partial charge in [-0.2, -0.15) is 0 Å². The number of H-pyrrole nitrogens is 1. The molecule has 4 rings (SSSR count). The Hall–Kier alpha value is -3.32. The molecule has 3 aromatic heterocycles. The SMILES string of the molecule is Cn1cccc1CCCC(=O)c1ccc(OO)c2[nH]c(-c3ccco3)nc12. The minimum atomic E-state index is -0.00352. The van der Waals surface area contributed by atoms with Crippen molar-refractivity contribution >= 4 is 16.8 Å². The fourth-order valence-electron chi connectivity index (χ4n) is 3.22. The molecule has 1 aromatic carbocycles. The van der Waals surface area contributed by atoms with Crippen LogP contribution in [0.3, 0.4) is 0 Å². The van der Waals surface area contributed by atoms with Crippen LogP contribution >= 0.6 is 0 Å². The third-order valence-corrected chi connectivity index (χ3v) is 4.65. The summed E-state index contributed by atoms with van der Waals surface area (Å²) in [6, 6.07) is 10.7. The molecule has 0 radical (unpaired) electrons. The number of aromatic nitrogens is 3. The number of benzene rings is 1. The van der Waals surface area contributed by atoms with E-state index in [-0.39, 0.29) is 11.5 Å². The maximum Gasteiger partial charge on any atom is 0.190 e. The lowest BCUT2D eigenvalue weighted by atomic mass is 10.0. The second-order valence-corrected chi connectivity index (χ2v) is 6.38. The minimum Gasteiger partial charge on any atom is -0.461 e. The van der Waals surface area contributed by atoms with Gasteiger partial charge in [0.1, 0.15) is 11.0 Å². The number of imidazole rings is 1. The highest BCUT2D eigenvalue weighted by Gasteiger charge is 2.19. The van der Waals surface area contributed by atoms with Gasteiger partial charge in [-0.3, -0.25) is 4.79 Å². The van der Waals surface area contributed by atoms with Crippen molar-refractivity contribution in [2.75, 3.05) is 0 Å². The number of carbonyl (C=O) groups is 1. The van der Waals surface area contributed by atoms with Crippen LogP contribution in [-0.4, -0.2) is 25.6 Å². The Balaban J connectivity index is 1.60. The van der Waals surface area contributed by atoms with Crippen LogP contribution in [0.2, 0.25) is 0 Å². The van der Waals surface area contributed by atoms with Gasteiger partial charge in [-0.1, -0.05) is 0 Å². The summed E-state index contributed by atoms with van der Waals surface area (Å²) in [5.41, 5.74) is 2.59. The molecule has 0 spiro atoms. The number of hydrogen-bond acceptors (Lipinski definition) is 5. The first-order valence-electron chi connectivity index (χ1n) is 8.69. The number of nitrogens with zero attached hydrogens (tertiary/aromatic N) is 2. The molecular formula is C20H19N3O4. The number of aryl methyl sites for hydroxylation is 2. The van der Waals surface area contributed by atoms with Gasteiger partial charge in [0, 0.05) is 30.9 Å². The zero-order valence-corrected chi connectivity index (χ0v) is 14.8. The van der Waals surface area contributed by atoms with E-state index < -0.39 is 0 Å². The second-order valence-electron chi connectivity index (χ2n) is 6.38. The highest BCUT2D eigenvalue weighted by Crippen LogP contribution is 2.30. The van der Waals surface area contributed by atoms with Crippen LogP contribution < -0.4 is 4.89 Å². The highest BCUT2D eigenvalue weighted by molar-refractivity contribution is 6.07. The molecule has 138 valence electrons. The molecule has 27 heavy (non-hydrogen) atoms. The van der Waals surface area contributed by atoms with Gasteiger partial charge in [0.25, 0.3) is 0 Å². The van der Waals surface area contributed by atoms with Crippen molar-refractivity contribution in [3.63, 3.8) is 0 Å². The van der Waals surface area contributed by atoms with Crippen LogP contribution in [-0.2, 0) is 13.5 Å². The van der Waals surface area contributed by atoms with Gasteiger partial charge in [-0.15, -0.1) is 0 Å². The average molecular weight is 365 g/mol. The molecule has 0 aliphatic heterocycles. The van der Waals surface area contributed by atoms with Crippen molar-refractivity contribution in [3.05, 3.63) is 60.1 Å². The number of hydrogen-bond donors (Lipinski definition) is 2. The number of Topliss-reactive ketones (excluding diaryl/α,β-unsaturated/α-hetero) is 1. The zero-order chi connectivity index (χ0) is 18.8. The molecule has 0 atom stereocenters. The molecular weight excluding hydrogens is 346 g/mol. The Morgan fingerprint density at radius 3 is 2.89 bits per heavy atom. The molecule has 0 saturated heterocycles. The Labute approximate surface area is 155 Å². The summed E-state index contributed by atoms with van der Waals surface area (Å²) in [4.78, 5) is 24.7. The molecule has 7 heteroatoms. The summed E-state index contributed by atoms with van der Waals surface area (Å²) >= 11 is 0. The first-order chi connectivity index (χ1) is 13.2. The molecule has 0 aliphatic carbocycles. The van der Waals surface area contributed by atoms with Gasteiger partial charge in [0.2, 0.25) is 0 Å². The van der Waals surface area contributed by atoms with Crippen LogP contribution in [0, 0.1) is 0 Å². The number of fused-ring (bicyclic) bond motifs is 1. The van der Waals surface area contributed by atoms with E-state index in [0.29, 0.717) is 34.6 Å². The molecule has 0 saturated carbocycles. The molecule has 3 heterocycles. The lowest BCUT2D eigenvalue weighted by Gasteiger charge is -2.05. The summed E-state index contributed by atoms with van der Waals surface area (Å²) < 4.78 is 7.41. The molecule has 0 unspecified atom stereocenters. The standard InChI is InChI=1S/C20H19N3O4/c1-23-11-3-6-13(23)5-2-7-15(24)14-9-10-16(27-25)19-18(14)21-20(22-19)17-8-4-12-26-17/h3-4,6,8-12,25H,2,5,7H2,1H3,(H,21,22). The predicted octanol–water partition coefficient (Wildman–Crippen LogP) is 4.22. The molecule has 0 bridgehead atoms. The summed E-state index contributed by atoms with van der Waals surface area (Å²) in [6.45, 7) is 0. The predicted molar refractivity (Wildman–Crippen MR) is 99.7 cm³/mol. The number of furan rings is 1. The van der Waals surface area contributed by atoms with Crippen LogP contribution in [0.5, 0.6) is 5.75 Å². The van der Waals surface area contributed by atoms with Crippen molar-refractivity contribution in [1.29, 1.82) is 0 Å². The third-order valence-electron chi connectivity index (χ3n) is 4.65. The number of ketones is 1. The Kier molecular flexibility index (Phi) is 4.52. The maximum atomic E-state index is 12.8. The molecule has 0 amide bonds. The molecule has 0 aliphatic rings. The fraction of sp³-hybridized carbons (Fsp3) is 0.200. The lowest BCUT2D eigenvalue weighted by Crippen LogP contribution is -2.03. The van der Waals surface area contributed by atoms with E-state index in [1.807, 2.05) is 19.3 Å². The fourth-order valence-corrected chi connectivity index (χ4v) is 3.22. The van der Waals surface area contributed by atoms with Crippen molar-refractivity contribution in [2.45, 2.75) is 19.3 Å². The van der Waals surface area contributed by atoms with E-state index in [2.05, 4.69) is 25.5 Å². The topological polar surface area (TPSA) is 93.3 Å². The van der Waals surface area contributed by atoms with Crippen molar-refractivity contribution in [3.8, 4) is 17.3 Å². The molecule has 2 N–H and O–H groups in total. The van der Waals surface area contributed by atoms with Crippen molar-refractivity contribution in [1.82, 2.24) is 14.5 Å². The van der Waals surface area contributed by atoms with Crippen LogP contribution in [0.1, 0.15) is 28.9 Å². The van der Waals surface area contributed by atoms with E-state index >= 15 is 0 Å². The molecule has 0 fully saturated rings. The zero-order valence-electron chi connectivity index (χ0n) is 14.8. The number of rotatable bonds is 7. The quantitative estimate of drug-likeness (QED) is 0.291. The van der Waals surface area contributed by atoms with Crippen molar-refractivity contribution in [2.24, 2.45) is 7.05 Å². The van der Waals surface area contributed by atoms with E-state index in [1.54, 1.807) is 30.5 Å². The Morgan fingerprint density at radius 2 is 2.19 bits per heavy atom. The first-order valence-corrected chi connectivity index (χ1v) is 8.69. The van der Waals surface area contributed by atoms with Crippen molar-refractivity contribution < 1.29 is 19.4 Å². The Bertz CT molecular complexity index is 1080. The summed E-state index contributed by atoms with van der Waals surface area (Å²) in [6.07, 6.45) is 5.51. The van der Waals surface area contributed by atoms with Gasteiger partial charge in [0.05, 0.1) is 6.26 Å². The van der Waals surface area contributed by atoms with E-state index in [0.717, 1.165) is 12.8 Å². The highest BCUT2D eigenvalue weighted by atomic mass is 17.1. The van der Waals surface area contributed by atoms with E-state index in [4.69, 9.17) is 9.67 Å². The van der Waals surface area contributed by atoms with Gasteiger partial charge in [0.15, 0.2) is 23.1 Å². The lowest BCUT2D eigenvalue weighted by molar-refractivity contribution is -0.136. The van der Waals surface area contributed by atoms with Gasteiger partial charge < -0.3 is 18.9 Å². The van der Waals surface area contributed by atoms with Crippen LogP contribution in [0.25, 0.3) is 22.6 Å².